The van der Waals surface area contributed by atoms with E-state index in [2.05, 4.69) is 29.9 Å². The molecule has 106 valence electrons. The van der Waals surface area contributed by atoms with Crippen LogP contribution in [0.25, 0.3) is 0 Å². The Bertz CT molecular complexity index is 598. The molecule has 2 aromatic rings. The van der Waals surface area contributed by atoms with Gasteiger partial charge in [-0.05, 0) is 6.92 Å². The molecular formula is C11H16N8O. The van der Waals surface area contributed by atoms with Gasteiger partial charge in [0.05, 0.1) is 13.2 Å². The molecule has 20 heavy (non-hydrogen) atoms. The number of ether oxygens (including phenoxy) is 1. The summed E-state index contributed by atoms with van der Waals surface area (Å²) in [6.45, 7) is 4.64. The second kappa shape index (κ2) is 5.29. The van der Waals surface area contributed by atoms with Gasteiger partial charge in [0.25, 0.3) is 0 Å². The van der Waals surface area contributed by atoms with Crippen LogP contribution in [0.15, 0.2) is 12.4 Å². The molecule has 0 saturated heterocycles. The minimum atomic E-state index is 0.263. The van der Waals surface area contributed by atoms with Crippen molar-refractivity contribution in [1.82, 2.24) is 24.5 Å². The van der Waals surface area contributed by atoms with Gasteiger partial charge in [-0.25, -0.2) is 10.8 Å². The zero-order valence-corrected chi connectivity index (χ0v) is 11.2. The number of nitrogen functional groups attached to an aromatic ring is 1. The lowest BCUT2D eigenvalue weighted by Crippen LogP contribution is -2.35. The lowest BCUT2D eigenvalue weighted by atomic mass is 10.4. The number of hydrogen-bond acceptors (Lipinski definition) is 8. The number of hydrogen-bond donors (Lipinski definition) is 2. The zero-order valence-electron chi connectivity index (χ0n) is 11.2. The maximum atomic E-state index is 5.38. The van der Waals surface area contributed by atoms with Crippen LogP contribution >= 0.6 is 0 Å². The number of rotatable bonds is 4. The molecule has 2 aromatic heterocycles. The van der Waals surface area contributed by atoms with Crippen molar-refractivity contribution in [3.8, 4) is 6.01 Å². The molecule has 1 aliphatic rings. The number of anilines is 2. The van der Waals surface area contributed by atoms with E-state index < -0.39 is 0 Å². The molecule has 0 unspecified atom stereocenters. The fraction of sp³-hybridized carbons (Fsp3) is 0.455. The van der Waals surface area contributed by atoms with Crippen molar-refractivity contribution < 1.29 is 4.74 Å². The smallest absolute Gasteiger partial charge is 0.323 e. The van der Waals surface area contributed by atoms with Gasteiger partial charge < -0.3 is 14.2 Å². The predicted molar refractivity (Wildman–Crippen MR) is 72.1 cm³/mol. The molecule has 0 fully saturated rings. The van der Waals surface area contributed by atoms with Crippen LogP contribution in [0.3, 0.4) is 0 Å². The van der Waals surface area contributed by atoms with Gasteiger partial charge in [0.15, 0.2) is 0 Å². The molecule has 0 aliphatic carbocycles. The molecule has 9 nitrogen and oxygen atoms in total. The second-order valence-electron chi connectivity index (χ2n) is 4.28. The third-order valence-corrected chi connectivity index (χ3v) is 3.03. The molecule has 0 saturated carbocycles. The Hall–Kier alpha value is -2.42. The van der Waals surface area contributed by atoms with Crippen LogP contribution in [0.1, 0.15) is 12.7 Å². The van der Waals surface area contributed by atoms with E-state index in [1.807, 2.05) is 18.0 Å². The predicted octanol–water partition coefficient (Wildman–Crippen LogP) is -0.227. The summed E-state index contributed by atoms with van der Waals surface area (Å²) in [5.41, 5.74) is 2.43. The van der Waals surface area contributed by atoms with E-state index in [-0.39, 0.29) is 12.0 Å². The molecule has 3 heterocycles. The van der Waals surface area contributed by atoms with Crippen LogP contribution in [-0.2, 0) is 13.1 Å². The SMILES string of the molecule is CCOc1nc(NN)nc(N2CCn3ccnc3C2)n1. The Labute approximate surface area is 115 Å². The van der Waals surface area contributed by atoms with Crippen molar-refractivity contribution in [2.75, 3.05) is 23.5 Å². The molecule has 0 amide bonds. The number of nitrogens with zero attached hydrogens (tertiary/aromatic N) is 6. The summed E-state index contributed by atoms with van der Waals surface area (Å²) < 4.78 is 7.44. The summed E-state index contributed by atoms with van der Waals surface area (Å²) in [4.78, 5) is 18.9. The van der Waals surface area contributed by atoms with Gasteiger partial charge in [0.1, 0.15) is 5.82 Å². The van der Waals surface area contributed by atoms with Crippen LogP contribution in [0.5, 0.6) is 6.01 Å². The molecule has 3 rings (SSSR count). The largest absolute Gasteiger partial charge is 0.464 e. The van der Waals surface area contributed by atoms with Gasteiger partial charge in [-0.3, -0.25) is 5.43 Å². The van der Waals surface area contributed by atoms with Gasteiger partial charge in [0, 0.05) is 25.5 Å². The highest BCUT2D eigenvalue weighted by Gasteiger charge is 2.20. The van der Waals surface area contributed by atoms with Gasteiger partial charge in [0.2, 0.25) is 11.9 Å². The minimum Gasteiger partial charge on any atom is -0.464 e. The number of aromatic nitrogens is 5. The summed E-state index contributed by atoms with van der Waals surface area (Å²) >= 11 is 0. The minimum absolute atomic E-state index is 0.263. The zero-order chi connectivity index (χ0) is 13.9. The van der Waals surface area contributed by atoms with Gasteiger partial charge >= 0.3 is 6.01 Å². The van der Waals surface area contributed by atoms with Crippen molar-refractivity contribution in [1.29, 1.82) is 0 Å². The van der Waals surface area contributed by atoms with Crippen molar-refractivity contribution in [3.63, 3.8) is 0 Å². The van der Waals surface area contributed by atoms with Crippen LogP contribution < -0.4 is 20.9 Å². The highest BCUT2D eigenvalue weighted by Crippen LogP contribution is 2.19. The first-order valence-corrected chi connectivity index (χ1v) is 6.40. The van der Waals surface area contributed by atoms with E-state index in [0.29, 0.717) is 19.1 Å². The molecule has 0 atom stereocenters. The Morgan fingerprint density at radius 2 is 2.25 bits per heavy atom. The third-order valence-electron chi connectivity index (χ3n) is 3.03. The molecule has 0 spiro atoms. The molecule has 3 N–H and O–H groups in total. The standard InChI is InChI=1S/C11H16N8O/c1-2-20-11-15-9(17-12)14-10(16-11)19-6-5-18-4-3-13-8(18)7-19/h3-4H,2,5-7,12H2,1H3,(H,14,15,16,17). The maximum absolute atomic E-state index is 5.38. The number of nitrogens with one attached hydrogen (secondary N) is 1. The Kier molecular flexibility index (Phi) is 3.33. The van der Waals surface area contributed by atoms with E-state index in [4.69, 9.17) is 10.6 Å². The highest BCUT2D eigenvalue weighted by atomic mass is 16.5. The lowest BCUT2D eigenvalue weighted by molar-refractivity contribution is 0.311. The van der Waals surface area contributed by atoms with E-state index >= 15 is 0 Å². The lowest BCUT2D eigenvalue weighted by Gasteiger charge is -2.27. The molecule has 9 heteroatoms. The quantitative estimate of drug-likeness (QED) is 0.582. The van der Waals surface area contributed by atoms with Crippen LogP contribution in [0, 0.1) is 0 Å². The van der Waals surface area contributed by atoms with Gasteiger partial charge in [-0.15, -0.1) is 0 Å². The van der Waals surface area contributed by atoms with E-state index in [0.717, 1.165) is 18.9 Å². The fourth-order valence-corrected chi connectivity index (χ4v) is 2.09. The van der Waals surface area contributed by atoms with Crippen molar-refractivity contribution in [2.45, 2.75) is 20.0 Å². The molecule has 1 aliphatic heterocycles. The van der Waals surface area contributed by atoms with E-state index in [1.165, 1.54) is 0 Å². The summed E-state index contributed by atoms with van der Waals surface area (Å²) in [5.74, 6) is 7.18. The number of fused-ring (bicyclic) bond motifs is 1. The summed E-state index contributed by atoms with van der Waals surface area (Å²) in [6, 6.07) is 0.263. The highest BCUT2D eigenvalue weighted by molar-refractivity contribution is 5.38. The normalized spacial score (nSPS) is 14.0. The summed E-state index contributed by atoms with van der Waals surface area (Å²) in [5, 5.41) is 0. The number of imidazole rings is 1. The topological polar surface area (TPSA) is 107 Å². The maximum Gasteiger partial charge on any atom is 0.323 e. The fourth-order valence-electron chi connectivity index (χ4n) is 2.09. The van der Waals surface area contributed by atoms with Crippen LogP contribution in [0.4, 0.5) is 11.9 Å². The number of hydrazine groups is 1. The Morgan fingerprint density at radius 3 is 3.05 bits per heavy atom. The molecular weight excluding hydrogens is 260 g/mol. The van der Waals surface area contributed by atoms with Crippen LogP contribution in [0.2, 0.25) is 0 Å². The first-order chi connectivity index (χ1) is 9.80. The molecule has 0 aromatic carbocycles. The third kappa shape index (κ3) is 2.35. The van der Waals surface area contributed by atoms with Crippen molar-refractivity contribution in [2.24, 2.45) is 5.84 Å². The monoisotopic (exact) mass is 276 g/mol. The Balaban J connectivity index is 1.88. The van der Waals surface area contributed by atoms with Gasteiger partial charge in [-0.1, -0.05) is 0 Å². The van der Waals surface area contributed by atoms with E-state index in [1.54, 1.807) is 6.20 Å². The second-order valence-corrected chi connectivity index (χ2v) is 4.28. The first-order valence-electron chi connectivity index (χ1n) is 6.40. The summed E-state index contributed by atoms with van der Waals surface area (Å²) in [7, 11) is 0. The molecule has 0 bridgehead atoms. The van der Waals surface area contributed by atoms with Crippen molar-refractivity contribution >= 4 is 11.9 Å². The molecule has 0 radical (unpaired) electrons. The average molecular weight is 276 g/mol. The van der Waals surface area contributed by atoms with E-state index in [9.17, 15) is 0 Å². The van der Waals surface area contributed by atoms with Crippen molar-refractivity contribution in [3.05, 3.63) is 18.2 Å². The van der Waals surface area contributed by atoms with Crippen LogP contribution in [-0.4, -0.2) is 37.7 Å². The Morgan fingerprint density at radius 1 is 1.35 bits per heavy atom. The average Bonchev–Trinajstić information content (AvgIpc) is 2.94. The van der Waals surface area contributed by atoms with Gasteiger partial charge in [-0.2, -0.15) is 15.0 Å². The summed E-state index contributed by atoms with van der Waals surface area (Å²) in [6.07, 6.45) is 3.77. The number of nitrogens with two attached hydrogens (primary N) is 1. The first kappa shape index (κ1) is 12.6.